The summed E-state index contributed by atoms with van der Waals surface area (Å²) in [5.74, 6) is 0.567. The van der Waals surface area contributed by atoms with E-state index in [1.165, 1.54) is 21.9 Å². The molecule has 32 heavy (non-hydrogen) atoms. The van der Waals surface area contributed by atoms with Gasteiger partial charge in [0.15, 0.2) is 5.58 Å². The molecule has 0 aliphatic carbocycles. The average Bonchev–Trinajstić information content (AvgIpc) is 3.28. The molecule has 0 bridgehead atoms. The molecule has 0 aliphatic heterocycles. The van der Waals surface area contributed by atoms with Gasteiger partial charge in [0.05, 0.1) is 0 Å². The number of para-hydroxylation sites is 2. The lowest BCUT2D eigenvalue weighted by Crippen LogP contribution is -1.90. The van der Waals surface area contributed by atoms with Gasteiger partial charge in [0.25, 0.3) is 0 Å². The standard InChI is InChI=1S/C29H18ClNO/c30-21-16-17-23(25(18-21)29-31-26-14-4-5-15-27(26)32-29)24-13-7-11-20-10-6-12-22(28(20)24)19-8-2-1-3-9-19/h1-18H. The molecule has 0 radical (unpaired) electrons. The zero-order chi connectivity index (χ0) is 21.5. The first-order chi connectivity index (χ1) is 15.8. The predicted molar refractivity (Wildman–Crippen MR) is 133 cm³/mol. The van der Waals surface area contributed by atoms with Crippen LogP contribution in [-0.2, 0) is 0 Å². The van der Waals surface area contributed by atoms with E-state index >= 15 is 0 Å². The van der Waals surface area contributed by atoms with E-state index in [0.717, 1.165) is 27.8 Å². The number of halogens is 1. The highest BCUT2D eigenvalue weighted by atomic mass is 35.5. The molecule has 0 aliphatic rings. The van der Waals surface area contributed by atoms with E-state index in [9.17, 15) is 0 Å². The van der Waals surface area contributed by atoms with Gasteiger partial charge in [-0.1, -0.05) is 96.5 Å². The molecular formula is C29H18ClNO. The smallest absolute Gasteiger partial charge is 0.227 e. The normalized spacial score (nSPS) is 11.3. The molecule has 3 heteroatoms. The van der Waals surface area contributed by atoms with Gasteiger partial charge in [0.2, 0.25) is 5.89 Å². The van der Waals surface area contributed by atoms with Crippen LogP contribution in [0.4, 0.5) is 0 Å². The van der Waals surface area contributed by atoms with Crippen molar-refractivity contribution >= 4 is 33.5 Å². The molecule has 5 aromatic carbocycles. The summed E-state index contributed by atoms with van der Waals surface area (Å²) in [5.41, 5.74) is 7.00. The number of hydrogen-bond donors (Lipinski definition) is 0. The summed E-state index contributed by atoms with van der Waals surface area (Å²) in [7, 11) is 0. The second-order valence-corrected chi connectivity index (χ2v) is 8.19. The molecule has 0 N–H and O–H groups in total. The van der Waals surface area contributed by atoms with Crippen molar-refractivity contribution in [2.45, 2.75) is 0 Å². The maximum atomic E-state index is 6.43. The fraction of sp³-hybridized carbons (Fsp3) is 0. The monoisotopic (exact) mass is 431 g/mol. The lowest BCUT2D eigenvalue weighted by molar-refractivity contribution is 0.620. The summed E-state index contributed by atoms with van der Waals surface area (Å²) in [4.78, 5) is 4.75. The fourth-order valence-corrected chi connectivity index (χ4v) is 4.51. The van der Waals surface area contributed by atoms with Crippen molar-refractivity contribution in [2.24, 2.45) is 0 Å². The van der Waals surface area contributed by atoms with Crippen molar-refractivity contribution in [3.8, 4) is 33.7 Å². The maximum absolute atomic E-state index is 6.43. The Bertz CT molecular complexity index is 1550. The van der Waals surface area contributed by atoms with E-state index in [4.69, 9.17) is 21.0 Å². The molecule has 0 saturated heterocycles. The summed E-state index contributed by atoms with van der Waals surface area (Å²) in [6.07, 6.45) is 0. The van der Waals surface area contributed by atoms with Crippen molar-refractivity contribution in [1.82, 2.24) is 4.98 Å². The zero-order valence-corrected chi connectivity index (χ0v) is 17.9. The van der Waals surface area contributed by atoms with E-state index in [0.29, 0.717) is 10.9 Å². The van der Waals surface area contributed by atoms with Gasteiger partial charge >= 0.3 is 0 Å². The van der Waals surface area contributed by atoms with Gasteiger partial charge in [-0.3, -0.25) is 0 Å². The summed E-state index contributed by atoms with van der Waals surface area (Å²) in [6, 6.07) is 37.0. The quantitative estimate of drug-likeness (QED) is 0.280. The Balaban J connectivity index is 1.66. The van der Waals surface area contributed by atoms with Gasteiger partial charge in [0, 0.05) is 10.6 Å². The molecule has 1 heterocycles. The summed E-state index contributed by atoms with van der Waals surface area (Å²) in [6.45, 7) is 0. The third kappa shape index (κ3) is 3.17. The molecule has 6 aromatic rings. The molecule has 152 valence electrons. The van der Waals surface area contributed by atoms with Crippen LogP contribution in [0.25, 0.3) is 55.6 Å². The highest BCUT2D eigenvalue weighted by molar-refractivity contribution is 6.31. The van der Waals surface area contributed by atoms with E-state index in [1.54, 1.807) is 0 Å². The number of oxazole rings is 1. The van der Waals surface area contributed by atoms with Crippen LogP contribution in [0.3, 0.4) is 0 Å². The Morgan fingerprint density at radius 1 is 0.594 bits per heavy atom. The number of fused-ring (bicyclic) bond motifs is 2. The van der Waals surface area contributed by atoms with Crippen molar-refractivity contribution in [3.05, 3.63) is 114 Å². The topological polar surface area (TPSA) is 26.0 Å². The second kappa shape index (κ2) is 7.67. The summed E-state index contributed by atoms with van der Waals surface area (Å²) in [5, 5.41) is 3.03. The lowest BCUT2D eigenvalue weighted by Gasteiger charge is -2.15. The van der Waals surface area contributed by atoms with Crippen molar-refractivity contribution in [3.63, 3.8) is 0 Å². The van der Waals surface area contributed by atoms with E-state index in [2.05, 4.69) is 66.7 Å². The molecule has 6 rings (SSSR count). The molecule has 0 spiro atoms. The fourth-order valence-electron chi connectivity index (χ4n) is 4.34. The third-order valence-corrected chi connectivity index (χ3v) is 6.02. The second-order valence-electron chi connectivity index (χ2n) is 7.75. The van der Waals surface area contributed by atoms with Crippen LogP contribution < -0.4 is 0 Å². The summed E-state index contributed by atoms with van der Waals surface area (Å²) < 4.78 is 6.13. The Morgan fingerprint density at radius 3 is 2.16 bits per heavy atom. The van der Waals surface area contributed by atoms with E-state index in [1.807, 2.05) is 42.5 Å². The summed E-state index contributed by atoms with van der Waals surface area (Å²) >= 11 is 6.43. The van der Waals surface area contributed by atoms with Gasteiger partial charge in [-0.05, 0) is 57.3 Å². The van der Waals surface area contributed by atoms with Crippen molar-refractivity contribution < 1.29 is 4.42 Å². The minimum absolute atomic E-state index is 0.567. The SMILES string of the molecule is Clc1ccc(-c2cccc3cccc(-c4ccccc4)c23)c(-c2nc3ccccc3o2)c1. The van der Waals surface area contributed by atoms with Crippen LogP contribution in [0, 0.1) is 0 Å². The van der Waals surface area contributed by atoms with Crippen LogP contribution in [0.2, 0.25) is 5.02 Å². The van der Waals surface area contributed by atoms with Crippen molar-refractivity contribution in [2.75, 3.05) is 0 Å². The number of rotatable bonds is 3. The molecule has 0 unspecified atom stereocenters. The van der Waals surface area contributed by atoms with Gasteiger partial charge in [-0.2, -0.15) is 0 Å². The highest BCUT2D eigenvalue weighted by Gasteiger charge is 2.17. The Hall–Kier alpha value is -3.88. The first-order valence-electron chi connectivity index (χ1n) is 10.5. The Morgan fingerprint density at radius 2 is 1.34 bits per heavy atom. The molecule has 0 atom stereocenters. The lowest BCUT2D eigenvalue weighted by atomic mass is 9.89. The minimum Gasteiger partial charge on any atom is -0.436 e. The van der Waals surface area contributed by atoms with Crippen LogP contribution in [0.1, 0.15) is 0 Å². The maximum Gasteiger partial charge on any atom is 0.227 e. The number of nitrogens with zero attached hydrogens (tertiary/aromatic N) is 1. The first-order valence-corrected chi connectivity index (χ1v) is 10.9. The van der Waals surface area contributed by atoms with E-state index < -0.39 is 0 Å². The largest absolute Gasteiger partial charge is 0.436 e. The predicted octanol–water partition coefficient (Wildman–Crippen LogP) is 8.64. The Kier molecular flexibility index (Phi) is 4.52. The third-order valence-electron chi connectivity index (χ3n) is 5.79. The molecule has 0 saturated carbocycles. The van der Waals surface area contributed by atoms with Crippen LogP contribution in [-0.4, -0.2) is 4.98 Å². The Labute approximate surface area is 190 Å². The zero-order valence-electron chi connectivity index (χ0n) is 17.1. The molecule has 1 aromatic heterocycles. The minimum atomic E-state index is 0.567. The molecule has 0 fully saturated rings. The van der Waals surface area contributed by atoms with Gasteiger partial charge in [-0.15, -0.1) is 0 Å². The van der Waals surface area contributed by atoms with Gasteiger partial charge < -0.3 is 4.42 Å². The molecular weight excluding hydrogens is 414 g/mol. The van der Waals surface area contributed by atoms with Gasteiger partial charge in [0.1, 0.15) is 5.52 Å². The average molecular weight is 432 g/mol. The van der Waals surface area contributed by atoms with E-state index in [-0.39, 0.29) is 0 Å². The number of benzene rings is 5. The first kappa shape index (κ1) is 18.9. The number of hydrogen-bond acceptors (Lipinski definition) is 2. The molecule has 2 nitrogen and oxygen atoms in total. The van der Waals surface area contributed by atoms with Crippen LogP contribution in [0.15, 0.2) is 114 Å². The van der Waals surface area contributed by atoms with Crippen LogP contribution >= 0.6 is 11.6 Å². The molecule has 0 amide bonds. The van der Waals surface area contributed by atoms with Crippen LogP contribution in [0.5, 0.6) is 0 Å². The highest BCUT2D eigenvalue weighted by Crippen LogP contribution is 2.41. The van der Waals surface area contributed by atoms with Gasteiger partial charge in [-0.25, -0.2) is 4.98 Å². The number of aromatic nitrogens is 1. The van der Waals surface area contributed by atoms with Crippen molar-refractivity contribution in [1.29, 1.82) is 0 Å².